The number of benzene rings is 3. The predicted molar refractivity (Wildman–Crippen MR) is 161 cm³/mol. The van der Waals surface area contributed by atoms with Gasteiger partial charge in [-0.2, -0.15) is 16.7 Å². The molecule has 5 aromatic rings. The van der Waals surface area contributed by atoms with E-state index in [1.807, 2.05) is 55.5 Å². The lowest BCUT2D eigenvalue weighted by Gasteiger charge is -2.12. The summed E-state index contributed by atoms with van der Waals surface area (Å²) in [5, 5.41) is 38.5. The van der Waals surface area contributed by atoms with Gasteiger partial charge >= 0.3 is 12.1 Å². The molecule has 0 atom stereocenters. The van der Waals surface area contributed by atoms with Gasteiger partial charge in [0.05, 0.1) is 41.7 Å². The van der Waals surface area contributed by atoms with Gasteiger partial charge in [0.25, 0.3) is 6.01 Å². The lowest BCUT2D eigenvalue weighted by Crippen LogP contribution is -2.19. The number of rotatable bonds is 14. The number of carbonyl (C=O) groups excluding carboxylic acids is 1. The maximum absolute atomic E-state index is 12.4. The molecule has 16 heteroatoms. The lowest BCUT2D eigenvalue weighted by atomic mass is 9.98. The Labute approximate surface area is 260 Å². The lowest BCUT2D eigenvalue weighted by molar-refractivity contribution is -0.490. The van der Waals surface area contributed by atoms with E-state index in [0.29, 0.717) is 47.3 Å². The zero-order chi connectivity index (χ0) is 31.8. The van der Waals surface area contributed by atoms with Crippen LogP contribution in [0.2, 0.25) is 0 Å². The fraction of sp³-hybridized carbons (Fsp3) is 0.241. The van der Waals surface area contributed by atoms with Gasteiger partial charge < -0.3 is 14.6 Å². The van der Waals surface area contributed by atoms with Crippen LogP contribution in [-0.4, -0.2) is 94.1 Å². The van der Waals surface area contributed by atoms with E-state index in [4.69, 9.17) is 19.9 Å². The highest BCUT2D eigenvalue weighted by Crippen LogP contribution is 2.31. The second-order valence-electron chi connectivity index (χ2n) is 9.35. The number of fused-ring (bicyclic) bond motifs is 1. The van der Waals surface area contributed by atoms with Crippen LogP contribution in [0.15, 0.2) is 66.7 Å². The standard InChI is InChI=1S/C29H29N7O8S/c1-2-42-28-30-24-9-5-8-23(27(37)38)25(24)34(28)18-19-10-12-20(13-11-19)21-6-3-4-7-22(21)26-31-33-35(32-26)29(39)43-14-16-45-17-15-44-36(40)41/h3-13,40-41H,2,14-18H2,1H3,(H,37,38). The van der Waals surface area contributed by atoms with Crippen LogP contribution in [0.4, 0.5) is 4.79 Å². The number of hydrogen-bond donors (Lipinski definition) is 3. The Balaban J connectivity index is 1.29. The van der Waals surface area contributed by atoms with Crippen molar-refractivity contribution in [2.24, 2.45) is 0 Å². The van der Waals surface area contributed by atoms with Gasteiger partial charge in [-0.1, -0.05) is 59.4 Å². The molecule has 2 aromatic heterocycles. The zero-order valence-corrected chi connectivity index (χ0v) is 24.8. The van der Waals surface area contributed by atoms with Crippen molar-refractivity contribution in [2.45, 2.75) is 13.5 Å². The maximum atomic E-state index is 12.4. The molecule has 3 N–H and O–H groups in total. The molecule has 5 rings (SSSR count). The molecule has 2 heterocycles. The van der Waals surface area contributed by atoms with Crippen LogP contribution in [0.25, 0.3) is 33.5 Å². The summed E-state index contributed by atoms with van der Waals surface area (Å²) in [6.07, 6.45) is -0.783. The Bertz CT molecular complexity index is 1770. The fourth-order valence-corrected chi connectivity index (χ4v) is 5.15. The van der Waals surface area contributed by atoms with Crippen molar-refractivity contribution in [2.75, 3.05) is 31.3 Å². The number of aromatic nitrogens is 6. The van der Waals surface area contributed by atoms with Crippen LogP contribution in [0, 0.1) is 0 Å². The quantitative estimate of drug-likeness (QED) is 0.116. The van der Waals surface area contributed by atoms with Gasteiger partial charge in [0.1, 0.15) is 6.61 Å². The average Bonchev–Trinajstić information content (AvgIpc) is 3.66. The molecule has 0 aliphatic carbocycles. The summed E-state index contributed by atoms with van der Waals surface area (Å²) < 4.78 is 12.7. The van der Waals surface area contributed by atoms with Gasteiger partial charge in [-0.3, -0.25) is 15.0 Å². The first-order chi connectivity index (χ1) is 21.9. The molecule has 0 saturated heterocycles. The molecular formula is C29H29N7O8S. The Morgan fingerprint density at radius 2 is 1.71 bits per heavy atom. The first-order valence-corrected chi connectivity index (χ1v) is 14.9. The number of tetrazole rings is 1. The molecule has 0 saturated carbocycles. The molecule has 3 aromatic carbocycles. The molecule has 0 aliphatic rings. The van der Waals surface area contributed by atoms with Crippen molar-refractivity contribution in [3.8, 4) is 28.5 Å². The fourth-order valence-electron chi connectivity index (χ4n) is 4.55. The van der Waals surface area contributed by atoms with E-state index in [2.05, 4.69) is 25.2 Å². The first-order valence-electron chi connectivity index (χ1n) is 13.8. The summed E-state index contributed by atoms with van der Waals surface area (Å²) in [6.45, 7) is 2.72. The third kappa shape index (κ3) is 7.62. The Hall–Kier alpha value is -4.87. The monoisotopic (exact) mass is 635 g/mol. The minimum atomic E-state index is -1.05. The van der Waals surface area contributed by atoms with Gasteiger partial charge in [-0.05, 0) is 41.0 Å². The second kappa shape index (κ2) is 14.7. The van der Waals surface area contributed by atoms with E-state index in [9.17, 15) is 14.7 Å². The summed E-state index contributed by atoms with van der Waals surface area (Å²) in [5.41, 5.74) is 4.41. The summed E-state index contributed by atoms with van der Waals surface area (Å²) in [7, 11) is 0. The van der Waals surface area contributed by atoms with E-state index in [-0.39, 0.29) is 30.0 Å². The van der Waals surface area contributed by atoms with Crippen molar-refractivity contribution >= 4 is 34.9 Å². The van der Waals surface area contributed by atoms with Crippen LogP contribution in [-0.2, 0) is 16.1 Å². The van der Waals surface area contributed by atoms with E-state index >= 15 is 0 Å². The molecule has 0 unspecified atom stereocenters. The van der Waals surface area contributed by atoms with E-state index in [1.54, 1.807) is 22.8 Å². The zero-order valence-electron chi connectivity index (χ0n) is 24.0. The smallest absolute Gasteiger partial charge is 0.453 e. The van der Waals surface area contributed by atoms with Crippen molar-refractivity contribution in [3.05, 3.63) is 77.9 Å². The van der Waals surface area contributed by atoms with Crippen molar-refractivity contribution < 1.29 is 39.4 Å². The third-order valence-corrected chi connectivity index (χ3v) is 7.38. The summed E-state index contributed by atoms with van der Waals surface area (Å²) in [5.74, 6) is 0.107. The molecule has 0 bridgehead atoms. The van der Waals surface area contributed by atoms with Gasteiger partial charge in [-0.15, -0.1) is 10.2 Å². The van der Waals surface area contributed by atoms with E-state index in [0.717, 1.165) is 21.5 Å². The number of imidazole rings is 1. The number of carboxylic acids is 1. The average molecular weight is 636 g/mol. The minimum Gasteiger partial charge on any atom is -0.478 e. The van der Waals surface area contributed by atoms with Crippen molar-refractivity contribution in [1.29, 1.82) is 0 Å². The molecule has 0 amide bonds. The number of aromatic carboxylic acids is 1. The number of carbonyl (C=O) groups is 2. The summed E-state index contributed by atoms with van der Waals surface area (Å²) in [6, 6.07) is 20.5. The maximum Gasteiger partial charge on any atom is 0.453 e. The Morgan fingerprint density at radius 1 is 0.956 bits per heavy atom. The molecule has 45 heavy (non-hydrogen) atoms. The highest BCUT2D eigenvalue weighted by molar-refractivity contribution is 7.99. The second-order valence-corrected chi connectivity index (χ2v) is 10.6. The van der Waals surface area contributed by atoms with Crippen LogP contribution < -0.4 is 4.74 Å². The highest BCUT2D eigenvalue weighted by Gasteiger charge is 2.20. The van der Waals surface area contributed by atoms with Crippen LogP contribution >= 0.6 is 11.8 Å². The van der Waals surface area contributed by atoms with E-state index < -0.39 is 12.1 Å². The summed E-state index contributed by atoms with van der Waals surface area (Å²) >= 11 is 1.39. The predicted octanol–water partition coefficient (Wildman–Crippen LogP) is 4.23. The Morgan fingerprint density at radius 3 is 2.44 bits per heavy atom. The molecule has 0 fully saturated rings. The van der Waals surface area contributed by atoms with Crippen LogP contribution in [0.3, 0.4) is 0 Å². The first kappa shape index (κ1) is 31.6. The molecule has 234 valence electrons. The normalized spacial score (nSPS) is 11.3. The van der Waals surface area contributed by atoms with Crippen molar-refractivity contribution in [3.63, 3.8) is 0 Å². The molecule has 0 radical (unpaired) electrons. The number of nitrogens with zero attached hydrogens (tertiary/aromatic N) is 7. The largest absolute Gasteiger partial charge is 0.478 e. The van der Waals surface area contributed by atoms with Gasteiger partial charge in [0.2, 0.25) is 5.82 Å². The molecule has 0 spiro atoms. The van der Waals surface area contributed by atoms with Crippen molar-refractivity contribution in [1.82, 2.24) is 35.1 Å². The minimum absolute atomic E-state index is 0.0754. The number of hydrogen-bond acceptors (Lipinski definition) is 13. The molecule has 0 aliphatic heterocycles. The topological polar surface area (TPSA) is 187 Å². The van der Waals surface area contributed by atoms with E-state index in [1.165, 1.54) is 11.8 Å². The number of ether oxygens (including phenoxy) is 2. The van der Waals surface area contributed by atoms with Crippen LogP contribution in [0.5, 0.6) is 6.01 Å². The number of thioether (sulfide) groups is 1. The molecule has 15 nitrogen and oxygen atoms in total. The molecular weight excluding hydrogens is 606 g/mol. The summed E-state index contributed by atoms with van der Waals surface area (Å²) in [4.78, 5) is 34.1. The Kier molecular flexibility index (Phi) is 10.3. The van der Waals surface area contributed by atoms with Gasteiger partial charge in [-0.25, -0.2) is 14.4 Å². The highest BCUT2D eigenvalue weighted by atomic mass is 32.2. The SMILES string of the molecule is CCOc1nc2cccc(C(=O)O)c2n1Cc1ccc(-c2ccccc2-c2nnn(C(=O)OCCSCCON(O)O)n2)cc1. The van der Waals surface area contributed by atoms with Gasteiger partial charge in [0, 0.05) is 17.1 Å². The van der Waals surface area contributed by atoms with Gasteiger partial charge in [0.15, 0.2) is 0 Å². The number of para-hydroxylation sites is 1. The van der Waals surface area contributed by atoms with Crippen LogP contribution in [0.1, 0.15) is 22.8 Å². The number of carboxylic acid groups (broad SMARTS) is 1. The third-order valence-electron chi connectivity index (χ3n) is 6.47.